The number of aromatic nitrogens is 2. The topological polar surface area (TPSA) is 102 Å². The van der Waals surface area contributed by atoms with Crippen molar-refractivity contribution < 1.29 is 19.1 Å². The third kappa shape index (κ3) is 7.02. The maximum atomic E-state index is 12.9. The molecule has 0 fully saturated rings. The summed E-state index contributed by atoms with van der Waals surface area (Å²) in [5.41, 5.74) is 1.59. The van der Waals surface area contributed by atoms with E-state index in [-0.39, 0.29) is 11.8 Å². The fourth-order valence-electron chi connectivity index (χ4n) is 2.84. The summed E-state index contributed by atoms with van der Waals surface area (Å²) in [5, 5.41) is 13.2. The highest BCUT2D eigenvalue weighted by Gasteiger charge is 2.25. The quantitative estimate of drug-likeness (QED) is 0.709. The van der Waals surface area contributed by atoms with Gasteiger partial charge in [0.1, 0.15) is 17.4 Å². The number of carbonyl (C=O) groups is 2. The standard InChI is InChI=1S/C22H30N4O4/c1-14(2)11-18(26-21(28)30-22(3,4)5)20(27)25-16-7-8-17(19(12-16)29-6)15-9-10-23-24-13-15/h7-10,12-14,18H,11H2,1-6H3,(H,25,27)(H,26,28). The van der Waals surface area contributed by atoms with Gasteiger partial charge in [0.25, 0.3) is 0 Å². The number of carbonyl (C=O) groups excluding carboxylic acids is 2. The molecule has 1 atom stereocenters. The fourth-order valence-corrected chi connectivity index (χ4v) is 2.84. The van der Waals surface area contributed by atoms with Gasteiger partial charge in [-0.3, -0.25) is 4.79 Å². The number of hydrogen-bond donors (Lipinski definition) is 2. The molecule has 2 N–H and O–H groups in total. The largest absolute Gasteiger partial charge is 0.496 e. The number of methoxy groups -OCH3 is 1. The molecule has 30 heavy (non-hydrogen) atoms. The molecule has 8 nitrogen and oxygen atoms in total. The van der Waals surface area contributed by atoms with Crippen LogP contribution in [0.25, 0.3) is 11.1 Å². The van der Waals surface area contributed by atoms with Gasteiger partial charge in [-0.1, -0.05) is 13.8 Å². The number of benzene rings is 1. The zero-order valence-electron chi connectivity index (χ0n) is 18.4. The number of alkyl carbamates (subject to hydrolysis) is 1. The first kappa shape index (κ1) is 23.1. The van der Waals surface area contributed by atoms with E-state index in [0.717, 1.165) is 11.1 Å². The van der Waals surface area contributed by atoms with E-state index in [0.29, 0.717) is 17.9 Å². The molecule has 0 saturated carbocycles. The van der Waals surface area contributed by atoms with Crippen molar-refractivity contribution in [1.82, 2.24) is 15.5 Å². The van der Waals surface area contributed by atoms with Crippen LogP contribution in [0.2, 0.25) is 0 Å². The molecule has 0 radical (unpaired) electrons. The molecule has 0 aliphatic rings. The van der Waals surface area contributed by atoms with Crippen LogP contribution in [0, 0.1) is 5.92 Å². The van der Waals surface area contributed by atoms with Gasteiger partial charge >= 0.3 is 6.09 Å². The molecule has 2 aromatic rings. The Morgan fingerprint density at radius 3 is 2.43 bits per heavy atom. The number of rotatable bonds is 7. The van der Waals surface area contributed by atoms with E-state index in [1.807, 2.05) is 26.0 Å². The van der Waals surface area contributed by atoms with E-state index in [1.165, 1.54) is 0 Å². The van der Waals surface area contributed by atoms with Crippen molar-refractivity contribution in [2.24, 2.45) is 5.92 Å². The summed E-state index contributed by atoms with van der Waals surface area (Å²) in [4.78, 5) is 25.0. The number of amides is 2. The molecule has 2 amide bonds. The fraction of sp³-hybridized carbons (Fsp3) is 0.455. The number of ether oxygens (including phenoxy) is 2. The van der Waals surface area contributed by atoms with E-state index in [4.69, 9.17) is 9.47 Å². The molecule has 8 heteroatoms. The van der Waals surface area contributed by atoms with Gasteiger partial charge in [0.05, 0.1) is 19.5 Å². The lowest BCUT2D eigenvalue weighted by atomic mass is 10.0. The van der Waals surface area contributed by atoms with E-state index in [2.05, 4.69) is 20.8 Å². The van der Waals surface area contributed by atoms with Crippen molar-refractivity contribution in [1.29, 1.82) is 0 Å². The second kappa shape index (κ2) is 10.0. The first-order valence-corrected chi connectivity index (χ1v) is 9.84. The normalized spacial score (nSPS) is 12.2. The minimum absolute atomic E-state index is 0.201. The summed E-state index contributed by atoms with van der Waals surface area (Å²) < 4.78 is 10.8. The average Bonchev–Trinajstić information content (AvgIpc) is 2.66. The minimum Gasteiger partial charge on any atom is -0.496 e. The zero-order chi connectivity index (χ0) is 22.3. The molecule has 1 unspecified atom stereocenters. The van der Waals surface area contributed by atoms with Gasteiger partial charge in [0, 0.05) is 22.9 Å². The van der Waals surface area contributed by atoms with Crippen molar-refractivity contribution in [3.63, 3.8) is 0 Å². The highest BCUT2D eigenvalue weighted by molar-refractivity contribution is 5.97. The molecule has 162 valence electrons. The smallest absolute Gasteiger partial charge is 0.408 e. The summed E-state index contributed by atoms with van der Waals surface area (Å²) in [7, 11) is 1.56. The van der Waals surface area contributed by atoms with Crippen molar-refractivity contribution in [2.75, 3.05) is 12.4 Å². The monoisotopic (exact) mass is 414 g/mol. The maximum Gasteiger partial charge on any atom is 0.408 e. The zero-order valence-corrected chi connectivity index (χ0v) is 18.4. The molecule has 0 spiro atoms. The number of anilines is 1. The highest BCUT2D eigenvalue weighted by Crippen LogP contribution is 2.31. The van der Waals surface area contributed by atoms with E-state index < -0.39 is 17.7 Å². The highest BCUT2D eigenvalue weighted by atomic mass is 16.6. The van der Waals surface area contributed by atoms with Gasteiger partial charge < -0.3 is 20.1 Å². The van der Waals surface area contributed by atoms with Crippen LogP contribution in [0.3, 0.4) is 0 Å². The molecular formula is C22H30N4O4. The van der Waals surface area contributed by atoms with Crippen LogP contribution < -0.4 is 15.4 Å². The van der Waals surface area contributed by atoms with Crippen LogP contribution >= 0.6 is 0 Å². The lowest BCUT2D eigenvalue weighted by Crippen LogP contribution is -2.46. The van der Waals surface area contributed by atoms with E-state index >= 15 is 0 Å². The Bertz CT molecular complexity index is 863. The SMILES string of the molecule is COc1cc(NC(=O)C(CC(C)C)NC(=O)OC(C)(C)C)ccc1-c1ccnnc1. The summed E-state index contributed by atoms with van der Waals surface area (Å²) in [6.07, 6.45) is 3.09. The van der Waals surface area contributed by atoms with Crippen LogP contribution in [0.4, 0.5) is 10.5 Å². The number of hydrogen-bond acceptors (Lipinski definition) is 6. The first-order chi connectivity index (χ1) is 14.1. The Morgan fingerprint density at radius 1 is 1.13 bits per heavy atom. The van der Waals surface area contributed by atoms with Crippen molar-refractivity contribution in [3.05, 3.63) is 36.7 Å². The Labute approximate surface area is 177 Å². The van der Waals surface area contributed by atoms with Gasteiger partial charge in [-0.15, -0.1) is 0 Å². The van der Waals surface area contributed by atoms with Gasteiger partial charge in [-0.2, -0.15) is 10.2 Å². The molecule has 0 bridgehead atoms. The van der Waals surface area contributed by atoms with Crippen LogP contribution in [0.5, 0.6) is 5.75 Å². The third-order valence-corrected chi connectivity index (χ3v) is 4.08. The van der Waals surface area contributed by atoms with Crippen LogP contribution in [-0.2, 0) is 9.53 Å². The molecule has 0 aliphatic carbocycles. The van der Waals surface area contributed by atoms with E-state index in [9.17, 15) is 9.59 Å². The van der Waals surface area contributed by atoms with Gasteiger partial charge in [-0.05, 0) is 51.3 Å². The molecule has 0 saturated heterocycles. The van der Waals surface area contributed by atoms with Gasteiger partial charge in [0.2, 0.25) is 5.91 Å². The summed E-state index contributed by atoms with van der Waals surface area (Å²) >= 11 is 0. The molecular weight excluding hydrogens is 384 g/mol. The van der Waals surface area contributed by atoms with Crippen LogP contribution in [-0.4, -0.2) is 41.0 Å². The van der Waals surface area contributed by atoms with E-state index in [1.54, 1.807) is 52.4 Å². The molecule has 2 rings (SSSR count). The summed E-state index contributed by atoms with van der Waals surface area (Å²) in [6, 6.07) is 6.44. The minimum atomic E-state index is -0.727. The predicted molar refractivity (Wildman–Crippen MR) is 115 cm³/mol. The Hall–Kier alpha value is -3.16. The lowest BCUT2D eigenvalue weighted by Gasteiger charge is -2.24. The van der Waals surface area contributed by atoms with Crippen molar-refractivity contribution >= 4 is 17.7 Å². The van der Waals surface area contributed by atoms with Crippen molar-refractivity contribution in [2.45, 2.75) is 52.7 Å². The maximum absolute atomic E-state index is 12.9. The van der Waals surface area contributed by atoms with Crippen molar-refractivity contribution in [3.8, 4) is 16.9 Å². The molecule has 1 heterocycles. The Morgan fingerprint density at radius 2 is 1.87 bits per heavy atom. The third-order valence-electron chi connectivity index (χ3n) is 4.08. The number of nitrogens with zero attached hydrogens (tertiary/aromatic N) is 2. The molecule has 0 aliphatic heterocycles. The second-order valence-electron chi connectivity index (χ2n) is 8.36. The van der Waals surface area contributed by atoms with Gasteiger partial charge in [0.15, 0.2) is 0 Å². The molecule has 1 aromatic carbocycles. The lowest BCUT2D eigenvalue weighted by molar-refractivity contribution is -0.118. The second-order valence-corrected chi connectivity index (χ2v) is 8.36. The Balaban J connectivity index is 2.17. The summed E-state index contributed by atoms with van der Waals surface area (Å²) in [5.74, 6) is 0.461. The predicted octanol–water partition coefficient (Wildman–Crippen LogP) is 4.03. The first-order valence-electron chi connectivity index (χ1n) is 9.84. The average molecular weight is 415 g/mol. The van der Waals surface area contributed by atoms with Crippen LogP contribution in [0.15, 0.2) is 36.7 Å². The Kier molecular flexibility index (Phi) is 7.74. The van der Waals surface area contributed by atoms with Gasteiger partial charge in [-0.25, -0.2) is 4.79 Å². The number of nitrogens with one attached hydrogen (secondary N) is 2. The van der Waals surface area contributed by atoms with Crippen LogP contribution in [0.1, 0.15) is 41.0 Å². The summed E-state index contributed by atoms with van der Waals surface area (Å²) in [6.45, 7) is 9.29. The molecule has 1 aromatic heterocycles.